The van der Waals surface area contributed by atoms with Crippen LogP contribution < -0.4 is 10.6 Å². The van der Waals surface area contributed by atoms with Gasteiger partial charge in [-0.2, -0.15) is 0 Å². The molecule has 2 fully saturated rings. The Bertz CT molecular complexity index is 1010. The normalized spacial score (nSPS) is 20.1. The number of hydrogen-bond donors (Lipinski definition) is 2. The molecule has 10 heteroatoms. The van der Waals surface area contributed by atoms with Crippen LogP contribution in [0.25, 0.3) is 0 Å². The zero-order valence-corrected chi connectivity index (χ0v) is 19.0. The summed E-state index contributed by atoms with van der Waals surface area (Å²) >= 11 is 5.90. The summed E-state index contributed by atoms with van der Waals surface area (Å²) in [7, 11) is 1.55. The zero-order valence-electron chi connectivity index (χ0n) is 18.3. The molecule has 2 atom stereocenters. The van der Waals surface area contributed by atoms with Crippen LogP contribution in [0.1, 0.15) is 29.6 Å². The predicted molar refractivity (Wildman–Crippen MR) is 124 cm³/mol. The quantitative estimate of drug-likeness (QED) is 0.696. The number of carbonyl (C=O) groups is 3. The first kappa shape index (κ1) is 23.0. The molecule has 2 aliphatic rings. The van der Waals surface area contributed by atoms with E-state index >= 15 is 0 Å². The number of ether oxygens (including phenoxy) is 1. The van der Waals surface area contributed by atoms with Gasteiger partial charge < -0.3 is 25.2 Å². The third-order valence-corrected chi connectivity index (χ3v) is 6.16. The van der Waals surface area contributed by atoms with Crippen LogP contribution in [0.5, 0.6) is 0 Å². The first-order chi connectivity index (χ1) is 15.9. The van der Waals surface area contributed by atoms with Gasteiger partial charge in [-0.05, 0) is 49.2 Å². The Labute approximate surface area is 197 Å². The first-order valence-corrected chi connectivity index (χ1v) is 11.2. The van der Waals surface area contributed by atoms with Gasteiger partial charge in [0.1, 0.15) is 11.9 Å². The molecule has 9 nitrogen and oxygen atoms in total. The molecule has 2 aliphatic heterocycles. The van der Waals surface area contributed by atoms with Crippen molar-refractivity contribution >= 4 is 41.0 Å². The Morgan fingerprint density at radius 1 is 1.06 bits per heavy atom. The van der Waals surface area contributed by atoms with E-state index in [4.69, 9.17) is 16.3 Å². The van der Waals surface area contributed by atoms with Crippen LogP contribution in [0.2, 0.25) is 5.02 Å². The minimum Gasteiger partial charge on any atom is -0.380 e. The van der Waals surface area contributed by atoms with Gasteiger partial charge in [-0.25, -0.2) is 9.78 Å². The number of hydrogen-bond acceptors (Lipinski definition) is 5. The van der Waals surface area contributed by atoms with Gasteiger partial charge in [0.15, 0.2) is 0 Å². The minimum absolute atomic E-state index is 0.0540. The van der Waals surface area contributed by atoms with Gasteiger partial charge in [-0.15, -0.1) is 0 Å². The second-order valence-electron chi connectivity index (χ2n) is 8.12. The van der Waals surface area contributed by atoms with Crippen molar-refractivity contribution in [2.24, 2.45) is 0 Å². The highest BCUT2D eigenvalue weighted by Gasteiger charge is 2.40. The van der Waals surface area contributed by atoms with Crippen LogP contribution in [0.4, 0.5) is 16.3 Å². The number of urea groups is 1. The summed E-state index contributed by atoms with van der Waals surface area (Å²) in [6, 6.07) is 8.84. The molecule has 0 spiro atoms. The van der Waals surface area contributed by atoms with Gasteiger partial charge in [0, 0.05) is 50.1 Å². The summed E-state index contributed by atoms with van der Waals surface area (Å²) in [4.78, 5) is 45.8. The Balaban J connectivity index is 1.41. The van der Waals surface area contributed by atoms with Crippen LogP contribution in [-0.2, 0) is 9.53 Å². The number of carbonyl (C=O) groups excluding carboxylic acids is 3. The Kier molecular flexibility index (Phi) is 7.10. The van der Waals surface area contributed by atoms with E-state index in [0.29, 0.717) is 28.5 Å². The lowest BCUT2D eigenvalue weighted by atomic mass is 10.2. The molecule has 0 saturated carbocycles. The van der Waals surface area contributed by atoms with E-state index in [1.54, 1.807) is 48.4 Å². The van der Waals surface area contributed by atoms with Crippen molar-refractivity contribution in [2.45, 2.75) is 31.4 Å². The highest BCUT2D eigenvalue weighted by molar-refractivity contribution is 6.30. The number of nitrogens with zero attached hydrogens (tertiary/aromatic N) is 3. The van der Waals surface area contributed by atoms with Crippen LogP contribution in [-0.4, -0.2) is 71.5 Å². The molecule has 1 aromatic carbocycles. The van der Waals surface area contributed by atoms with Crippen molar-refractivity contribution in [1.82, 2.24) is 14.8 Å². The average Bonchev–Trinajstić information content (AvgIpc) is 3.51. The molecule has 33 heavy (non-hydrogen) atoms. The molecule has 0 bridgehead atoms. The van der Waals surface area contributed by atoms with Crippen molar-refractivity contribution < 1.29 is 19.1 Å². The van der Waals surface area contributed by atoms with Crippen LogP contribution in [0, 0.1) is 0 Å². The van der Waals surface area contributed by atoms with E-state index in [1.807, 2.05) is 0 Å². The first-order valence-electron chi connectivity index (χ1n) is 10.9. The number of aromatic nitrogens is 1. The Morgan fingerprint density at radius 2 is 1.79 bits per heavy atom. The second kappa shape index (κ2) is 10.2. The van der Waals surface area contributed by atoms with Gasteiger partial charge in [-0.3, -0.25) is 9.59 Å². The lowest BCUT2D eigenvalue weighted by molar-refractivity contribution is -0.119. The summed E-state index contributed by atoms with van der Waals surface area (Å²) in [5.74, 6) is -0.106. The number of anilines is 2. The van der Waals surface area contributed by atoms with Gasteiger partial charge >= 0.3 is 6.03 Å². The lowest BCUT2D eigenvalue weighted by Crippen LogP contribution is -2.45. The molecule has 4 amide bonds. The molecule has 2 N–H and O–H groups in total. The number of pyridine rings is 1. The smallest absolute Gasteiger partial charge is 0.322 e. The number of likely N-dealkylation sites (tertiary alicyclic amines) is 2. The molecule has 2 aromatic rings. The second-order valence-corrected chi connectivity index (χ2v) is 8.56. The third-order valence-electron chi connectivity index (χ3n) is 5.91. The van der Waals surface area contributed by atoms with E-state index in [9.17, 15) is 14.4 Å². The lowest BCUT2D eigenvalue weighted by Gasteiger charge is -2.24. The van der Waals surface area contributed by atoms with Crippen molar-refractivity contribution in [2.75, 3.05) is 37.4 Å². The number of halogens is 1. The number of methoxy groups -OCH3 is 1. The summed E-state index contributed by atoms with van der Waals surface area (Å²) in [5.41, 5.74) is 1.06. The maximum atomic E-state index is 13.0. The molecule has 0 radical (unpaired) electrons. The van der Waals surface area contributed by atoms with Gasteiger partial charge in [0.05, 0.1) is 11.7 Å². The van der Waals surface area contributed by atoms with E-state index in [-0.39, 0.29) is 24.5 Å². The fraction of sp³-hybridized carbons (Fsp3) is 0.391. The summed E-state index contributed by atoms with van der Waals surface area (Å²) in [6.07, 6.45) is 3.60. The van der Waals surface area contributed by atoms with Gasteiger partial charge in [0.25, 0.3) is 5.91 Å². The fourth-order valence-electron chi connectivity index (χ4n) is 4.08. The van der Waals surface area contributed by atoms with E-state index in [2.05, 4.69) is 15.6 Å². The Morgan fingerprint density at radius 3 is 2.42 bits per heavy atom. The average molecular weight is 472 g/mol. The van der Waals surface area contributed by atoms with Crippen molar-refractivity contribution in [3.8, 4) is 0 Å². The van der Waals surface area contributed by atoms with Crippen LogP contribution in [0.15, 0.2) is 42.6 Å². The number of nitrogens with one attached hydrogen (secondary N) is 2. The van der Waals surface area contributed by atoms with E-state index < -0.39 is 12.1 Å². The molecule has 1 aromatic heterocycles. The van der Waals surface area contributed by atoms with Gasteiger partial charge in [-0.1, -0.05) is 11.6 Å². The van der Waals surface area contributed by atoms with Crippen molar-refractivity contribution in [3.05, 3.63) is 53.2 Å². The number of benzene rings is 1. The molecule has 0 unspecified atom stereocenters. The fourth-order valence-corrected chi connectivity index (χ4v) is 4.20. The Hall–Kier alpha value is -3.17. The summed E-state index contributed by atoms with van der Waals surface area (Å²) < 4.78 is 5.40. The number of rotatable bonds is 5. The monoisotopic (exact) mass is 471 g/mol. The summed E-state index contributed by atoms with van der Waals surface area (Å²) in [5, 5.41) is 6.10. The van der Waals surface area contributed by atoms with Crippen molar-refractivity contribution in [3.63, 3.8) is 0 Å². The molecule has 2 saturated heterocycles. The van der Waals surface area contributed by atoms with Crippen LogP contribution in [0.3, 0.4) is 0 Å². The predicted octanol–water partition coefficient (Wildman–Crippen LogP) is 3.23. The third kappa shape index (κ3) is 5.43. The summed E-state index contributed by atoms with van der Waals surface area (Å²) in [6.45, 7) is 1.80. The maximum absolute atomic E-state index is 13.0. The topological polar surface area (TPSA) is 104 Å². The molecular weight excluding hydrogens is 446 g/mol. The zero-order chi connectivity index (χ0) is 23.4. The molecular formula is C23H26ClN5O4. The molecule has 4 rings (SSSR count). The molecule has 0 aliphatic carbocycles. The molecule has 174 valence electrons. The highest BCUT2D eigenvalue weighted by Crippen LogP contribution is 2.23. The standard InChI is InChI=1S/C23H26ClN5O4/c1-33-18-12-19(29(14-18)23(32)26-17-7-5-16(24)6-8-17)21(30)27-20-9-4-15(13-25-20)22(31)28-10-2-3-11-28/h4-9,13,18-19H,2-3,10-12,14H2,1H3,(H,26,32)(H,25,27,30)/t18-,19-/m1/s1. The largest absolute Gasteiger partial charge is 0.380 e. The highest BCUT2D eigenvalue weighted by atomic mass is 35.5. The van der Waals surface area contributed by atoms with Gasteiger partial charge in [0.2, 0.25) is 5.91 Å². The minimum atomic E-state index is -0.727. The van der Waals surface area contributed by atoms with Crippen LogP contribution >= 0.6 is 11.6 Å². The van der Waals surface area contributed by atoms with E-state index in [0.717, 1.165) is 25.9 Å². The number of amides is 4. The van der Waals surface area contributed by atoms with E-state index in [1.165, 1.54) is 11.1 Å². The molecule has 3 heterocycles. The maximum Gasteiger partial charge on any atom is 0.322 e. The van der Waals surface area contributed by atoms with Crippen molar-refractivity contribution in [1.29, 1.82) is 0 Å². The SMILES string of the molecule is CO[C@@H]1C[C@H](C(=O)Nc2ccc(C(=O)N3CCCC3)cn2)N(C(=O)Nc2ccc(Cl)cc2)C1.